The van der Waals surface area contributed by atoms with E-state index in [4.69, 9.17) is 4.74 Å². The highest BCUT2D eigenvalue weighted by atomic mass is 19.1. The number of carbonyl (C=O) groups is 1. The summed E-state index contributed by atoms with van der Waals surface area (Å²) >= 11 is 0. The first-order valence-corrected chi connectivity index (χ1v) is 7.21. The number of nitrogens with zero attached hydrogens (tertiary/aromatic N) is 2. The number of nitro benzene ring substituents is 1. The lowest BCUT2D eigenvalue weighted by Crippen LogP contribution is -1.98. The Labute approximate surface area is 141 Å². The van der Waals surface area contributed by atoms with Crippen molar-refractivity contribution in [3.8, 4) is 11.5 Å². The Morgan fingerprint density at radius 2 is 2.08 bits per heavy atom. The first-order chi connectivity index (χ1) is 12.0. The van der Waals surface area contributed by atoms with Gasteiger partial charge in [0.25, 0.3) is 0 Å². The number of halogens is 1. The minimum atomic E-state index is -0.986. The minimum Gasteiger partial charge on any atom is -0.456 e. The van der Waals surface area contributed by atoms with Gasteiger partial charge in [-0.2, -0.15) is 4.39 Å². The molecule has 2 aromatic carbocycles. The fourth-order valence-electron chi connectivity index (χ4n) is 2.41. The number of aromatic nitrogens is 1. The van der Waals surface area contributed by atoms with Crippen molar-refractivity contribution in [3.05, 3.63) is 64.1 Å². The molecule has 1 heterocycles. The molecule has 126 valence electrons. The van der Waals surface area contributed by atoms with Gasteiger partial charge < -0.3 is 10.1 Å². The molecule has 25 heavy (non-hydrogen) atoms. The summed E-state index contributed by atoms with van der Waals surface area (Å²) in [6.07, 6.45) is 2.10. The average molecular weight is 341 g/mol. The van der Waals surface area contributed by atoms with Crippen LogP contribution in [0.25, 0.3) is 10.9 Å². The number of aryl methyl sites for hydroxylation is 1. The number of hydrogen-bond donors (Lipinski definition) is 1. The van der Waals surface area contributed by atoms with E-state index in [1.807, 2.05) is 6.92 Å². The predicted molar refractivity (Wildman–Crippen MR) is 89.3 cm³/mol. The van der Waals surface area contributed by atoms with Gasteiger partial charge in [0.2, 0.25) is 12.2 Å². The number of carbonyl (C=O) groups excluding carboxylic acids is 1. The van der Waals surface area contributed by atoms with Crippen molar-refractivity contribution in [1.82, 2.24) is 4.98 Å². The SMILES string of the molecule is Cc1cc2nccc(Oc3ccc([N+](=O)[O-])c(F)c3)c2cc1NC=O. The van der Waals surface area contributed by atoms with Crippen molar-refractivity contribution in [3.63, 3.8) is 0 Å². The second kappa shape index (κ2) is 6.52. The van der Waals surface area contributed by atoms with Crippen LogP contribution in [0.2, 0.25) is 0 Å². The number of benzene rings is 2. The molecule has 3 rings (SSSR count). The lowest BCUT2D eigenvalue weighted by atomic mass is 10.1. The van der Waals surface area contributed by atoms with E-state index in [2.05, 4.69) is 10.3 Å². The summed E-state index contributed by atoms with van der Waals surface area (Å²) in [4.78, 5) is 24.8. The molecule has 0 saturated heterocycles. The summed E-state index contributed by atoms with van der Waals surface area (Å²) in [5.74, 6) is -0.492. The number of hydrogen-bond acceptors (Lipinski definition) is 5. The highest BCUT2D eigenvalue weighted by Crippen LogP contribution is 2.33. The van der Waals surface area contributed by atoms with Crippen LogP contribution in [-0.4, -0.2) is 16.3 Å². The zero-order chi connectivity index (χ0) is 18.0. The van der Waals surface area contributed by atoms with Crippen molar-refractivity contribution in [1.29, 1.82) is 0 Å². The summed E-state index contributed by atoms with van der Waals surface area (Å²) in [6.45, 7) is 1.83. The summed E-state index contributed by atoms with van der Waals surface area (Å²) in [5.41, 5.74) is 1.43. The fraction of sp³-hybridized carbons (Fsp3) is 0.0588. The Kier molecular flexibility index (Phi) is 4.25. The molecule has 0 unspecified atom stereocenters. The number of rotatable bonds is 5. The summed E-state index contributed by atoms with van der Waals surface area (Å²) in [7, 11) is 0. The Bertz CT molecular complexity index is 991. The van der Waals surface area contributed by atoms with Gasteiger partial charge in [-0.1, -0.05) is 0 Å². The highest BCUT2D eigenvalue weighted by Gasteiger charge is 2.15. The van der Waals surface area contributed by atoms with Gasteiger partial charge in [-0.25, -0.2) is 0 Å². The van der Waals surface area contributed by atoms with Gasteiger partial charge >= 0.3 is 5.69 Å². The van der Waals surface area contributed by atoms with Crippen LogP contribution in [0.5, 0.6) is 11.5 Å². The van der Waals surface area contributed by atoms with E-state index < -0.39 is 16.4 Å². The lowest BCUT2D eigenvalue weighted by Gasteiger charge is -2.11. The van der Waals surface area contributed by atoms with E-state index in [1.165, 1.54) is 12.3 Å². The zero-order valence-electron chi connectivity index (χ0n) is 13.0. The number of fused-ring (bicyclic) bond motifs is 1. The van der Waals surface area contributed by atoms with E-state index in [9.17, 15) is 19.3 Å². The molecule has 1 aromatic heterocycles. The molecule has 7 nitrogen and oxygen atoms in total. The van der Waals surface area contributed by atoms with Gasteiger partial charge in [0, 0.05) is 29.4 Å². The zero-order valence-corrected chi connectivity index (χ0v) is 13.0. The summed E-state index contributed by atoms with van der Waals surface area (Å²) in [6, 6.07) is 8.36. The number of nitro groups is 1. The molecule has 8 heteroatoms. The molecular formula is C17H12FN3O4. The molecule has 0 aliphatic heterocycles. The van der Waals surface area contributed by atoms with Gasteiger partial charge in [0.1, 0.15) is 11.5 Å². The summed E-state index contributed by atoms with van der Waals surface area (Å²) < 4.78 is 19.4. The highest BCUT2D eigenvalue weighted by molar-refractivity contribution is 5.91. The molecule has 1 amide bonds. The number of anilines is 1. The Morgan fingerprint density at radius 1 is 1.28 bits per heavy atom. The van der Waals surface area contributed by atoms with Crippen LogP contribution < -0.4 is 10.1 Å². The van der Waals surface area contributed by atoms with Crippen LogP contribution in [0.4, 0.5) is 15.8 Å². The van der Waals surface area contributed by atoms with Gasteiger partial charge in [0.05, 0.1) is 10.4 Å². The second-order valence-corrected chi connectivity index (χ2v) is 5.23. The van der Waals surface area contributed by atoms with Crippen molar-refractivity contribution >= 4 is 28.7 Å². The van der Waals surface area contributed by atoms with Gasteiger partial charge in [-0.15, -0.1) is 0 Å². The maximum atomic E-state index is 13.8. The maximum Gasteiger partial charge on any atom is 0.305 e. The van der Waals surface area contributed by atoms with Crippen LogP contribution in [0.1, 0.15) is 5.56 Å². The van der Waals surface area contributed by atoms with Gasteiger partial charge in [0.15, 0.2) is 0 Å². The summed E-state index contributed by atoms with van der Waals surface area (Å²) in [5, 5.41) is 13.9. The average Bonchev–Trinajstić information content (AvgIpc) is 2.56. The normalized spacial score (nSPS) is 10.5. The molecule has 0 aliphatic rings. The second-order valence-electron chi connectivity index (χ2n) is 5.23. The number of ether oxygens (including phenoxy) is 1. The van der Waals surface area contributed by atoms with Crippen molar-refractivity contribution in [2.24, 2.45) is 0 Å². The Morgan fingerprint density at radius 3 is 2.76 bits per heavy atom. The first-order valence-electron chi connectivity index (χ1n) is 7.21. The third-order valence-electron chi connectivity index (χ3n) is 3.61. The molecule has 0 spiro atoms. The maximum absolute atomic E-state index is 13.8. The topological polar surface area (TPSA) is 94.4 Å². The van der Waals surface area contributed by atoms with Crippen molar-refractivity contribution in [2.45, 2.75) is 6.92 Å². The Hall–Kier alpha value is -3.55. The molecule has 0 fully saturated rings. The lowest BCUT2D eigenvalue weighted by molar-refractivity contribution is -0.387. The molecular weight excluding hydrogens is 329 g/mol. The number of pyridine rings is 1. The standard InChI is InChI=1S/C17H12FN3O4/c1-10-6-15-12(8-14(10)20-9-22)17(4-5-19-15)25-11-2-3-16(21(23)24)13(18)7-11/h2-9H,1H3,(H,20,22). The quantitative estimate of drug-likeness (QED) is 0.431. The molecule has 1 N–H and O–H groups in total. The monoisotopic (exact) mass is 341 g/mol. The fourth-order valence-corrected chi connectivity index (χ4v) is 2.41. The van der Waals surface area contributed by atoms with Crippen molar-refractivity contribution in [2.75, 3.05) is 5.32 Å². The molecule has 0 aliphatic carbocycles. The van der Waals surface area contributed by atoms with Gasteiger partial charge in [-0.3, -0.25) is 19.9 Å². The van der Waals surface area contributed by atoms with E-state index in [-0.39, 0.29) is 5.75 Å². The number of amides is 1. The molecule has 3 aromatic rings. The van der Waals surface area contributed by atoms with Crippen LogP contribution in [0, 0.1) is 22.9 Å². The van der Waals surface area contributed by atoms with E-state index >= 15 is 0 Å². The largest absolute Gasteiger partial charge is 0.456 e. The van der Waals surface area contributed by atoms with Crippen LogP contribution in [0.3, 0.4) is 0 Å². The number of nitrogens with one attached hydrogen (secondary N) is 1. The van der Waals surface area contributed by atoms with Crippen LogP contribution in [0.15, 0.2) is 42.6 Å². The minimum absolute atomic E-state index is 0.112. The van der Waals surface area contributed by atoms with E-state index in [0.29, 0.717) is 28.7 Å². The third-order valence-corrected chi connectivity index (χ3v) is 3.61. The predicted octanol–water partition coefficient (Wildman–Crippen LogP) is 3.95. The van der Waals surface area contributed by atoms with Gasteiger partial charge in [-0.05, 0) is 36.8 Å². The van der Waals surface area contributed by atoms with Crippen LogP contribution >= 0.6 is 0 Å². The van der Waals surface area contributed by atoms with E-state index in [0.717, 1.165) is 17.7 Å². The molecule has 0 bridgehead atoms. The molecule has 0 atom stereocenters. The van der Waals surface area contributed by atoms with Crippen LogP contribution in [-0.2, 0) is 4.79 Å². The molecule has 0 radical (unpaired) electrons. The third kappa shape index (κ3) is 3.23. The Balaban J connectivity index is 2.04. The molecule has 0 saturated carbocycles. The van der Waals surface area contributed by atoms with Crippen molar-refractivity contribution < 1.29 is 18.8 Å². The smallest absolute Gasteiger partial charge is 0.305 e. The first kappa shape index (κ1) is 16.3. The van der Waals surface area contributed by atoms with E-state index in [1.54, 1.807) is 18.2 Å².